The first-order valence-corrected chi connectivity index (χ1v) is 10.7. The lowest BCUT2D eigenvalue weighted by Gasteiger charge is -2.34. The van der Waals surface area contributed by atoms with E-state index in [0.717, 1.165) is 49.4 Å². The number of nitrogens with one attached hydrogen (secondary N) is 1. The Morgan fingerprint density at radius 1 is 1.00 bits per heavy atom. The molecule has 0 atom stereocenters. The van der Waals surface area contributed by atoms with E-state index in [1.165, 1.54) is 5.56 Å². The lowest BCUT2D eigenvalue weighted by atomic mass is 9.86. The molecule has 1 aliphatic rings. The summed E-state index contributed by atoms with van der Waals surface area (Å²) < 4.78 is 6.12. The molecule has 0 aliphatic carbocycles. The number of amides is 1. The summed E-state index contributed by atoms with van der Waals surface area (Å²) in [5.74, 6) is 1.05. The second-order valence-electron chi connectivity index (χ2n) is 9.00. The van der Waals surface area contributed by atoms with Crippen molar-refractivity contribution < 1.29 is 9.53 Å². The normalized spacial score (nSPS) is 15.5. The van der Waals surface area contributed by atoms with Crippen molar-refractivity contribution >= 4 is 16.8 Å². The number of carbonyl (C=O) groups is 1. The molecule has 0 saturated carbocycles. The summed E-state index contributed by atoms with van der Waals surface area (Å²) in [5.41, 5.74) is 2.98. The third-order valence-corrected chi connectivity index (χ3v) is 5.78. The Morgan fingerprint density at radius 2 is 1.70 bits per heavy atom. The molecule has 1 aliphatic heterocycles. The lowest BCUT2D eigenvalue weighted by Crippen LogP contribution is -2.49. The van der Waals surface area contributed by atoms with Crippen LogP contribution in [0.15, 0.2) is 54.6 Å². The fraction of sp³-hybridized carbons (Fsp3) is 0.400. The van der Waals surface area contributed by atoms with E-state index in [4.69, 9.17) is 4.74 Å². The largest absolute Gasteiger partial charge is 0.492 e. The van der Waals surface area contributed by atoms with Crippen LogP contribution >= 0.6 is 0 Å². The van der Waals surface area contributed by atoms with Gasteiger partial charge < -0.3 is 14.6 Å². The molecule has 0 radical (unpaired) electrons. The predicted octanol–water partition coefficient (Wildman–Crippen LogP) is 4.30. The van der Waals surface area contributed by atoms with Crippen molar-refractivity contribution in [3.8, 4) is 5.75 Å². The van der Waals surface area contributed by atoms with E-state index in [9.17, 15) is 4.79 Å². The first-order valence-electron chi connectivity index (χ1n) is 10.7. The number of benzene rings is 2. The molecule has 3 aromatic rings. The quantitative estimate of drug-likeness (QED) is 0.688. The zero-order chi connectivity index (χ0) is 21.1. The van der Waals surface area contributed by atoms with Crippen LogP contribution in [-0.4, -0.2) is 60.0 Å². The smallest absolute Gasteiger partial charge is 0.270 e. The minimum absolute atomic E-state index is 0.0607. The molecule has 2 heterocycles. The summed E-state index contributed by atoms with van der Waals surface area (Å²) in [6, 6.07) is 18.2. The number of piperazine rings is 1. The van der Waals surface area contributed by atoms with Gasteiger partial charge in [-0.3, -0.25) is 9.69 Å². The van der Waals surface area contributed by atoms with Crippen molar-refractivity contribution in [2.24, 2.45) is 0 Å². The standard InChI is InChI=1S/C25H31N3O2/c1-25(2,3)20-9-5-7-11-23(20)30-17-16-27-12-14-28(15-13-27)24(29)22-18-19-8-4-6-10-21(19)26-22/h4-11,18,26H,12-17H2,1-3H3. The molecule has 2 aromatic carbocycles. The highest BCUT2D eigenvalue weighted by molar-refractivity contribution is 5.98. The molecule has 1 fully saturated rings. The highest BCUT2D eigenvalue weighted by atomic mass is 16.5. The van der Waals surface area contributed by atoms with Gasteiger partial charge in [0.25, 0.3) is 5.91 Å². The van der Waals surface area contributed by atoms with Gasteiger partial charge in [-0.05, 0) is 29.2 Å². The van der Waals surface area contributed by atoms with Gasteiger partial charge in [0, 0.05) is 43.6 Å². The van der Waals surface area contributed by atoms with Crippen LogP contribution in [0.5, 0.6) is 5.75 Å². The maximum Gasteiger partial charge on any atom is 0.270 e. The molecule has 158 valence electrons. The Kier molecular flexibility index (Phi) is 5.82. The van der Waals surface area contributed by atoms with Crippen LogP contribution in [0.1, 0.15) is 36.8 Å². The highest BCUT2D eigenvalue weighted by Gasteiger charge is 2.23. The van der Waals surface area contributed by atoms with Crippen LogP contribution in [0, 0.1) is 0 Å². The number of H-pyrrole nitrogens is 1. The predicted molar refractivity (Wildman–Crippen MR) is 121 cm³/mol. The number of para-hydroxylation sites is 2. The number of hydrogen-bond acceptors (Lipinski definition) is 3. The molecule has 1 aromatic heterocycles. The zero-order valence-electron chi connectivity index (χ0n) is 18.1. The monoisotopic (exact) mass is 405 g/mol. The molecule has 0 bridgehead atoms. The second-order valence-corrected chi connectivity index (χ2v) is 9.00. The summed E-state index contributed by atoms with van der Waals surface area (Å²) in [4.78, 5) is 20.4. The molecule has 1 N–H and O–H groups in total. The summed E-state index contributed by atoms with van der Waals surface area (Å²) >= 11 is 0. The number of aromatic amines is 1. The number of aromatic nitrogens is 1. The third-order valence-electron chi connectivity index (χ3n) is 5.78. The Morgan fingerprint density at radius 3 is 2.43 bits per heavy atom. The minimum atomic E-state index is 0.0607. The van der Waals surface area contributed by atoms with Crippen molar-refractivity contribution in [3.63, 3.8) is 0 Å². The third kappa shape index (κ3) is 4.51. The van der Waals surface area contributed by atoms with Gasteiger partial charge in [-0.1, -0.05) is 57.2 Å². The van der Waals surface area contributed by atoms with E-state index in [-0.39, 0.29) is 11.3 Å². The fourth-order valence-corrected chi connectivity index (χ4v) is 4.03. The van der Waals surface area contributed by atoms with Gasteiger partial charge in [-0.2, -0.15) is 0 Å². The average molecular weight is 406 g/mol. The van der Waals surface area contributed by atoms with Crippen molar-refractivity contribution in [3.05, 3.63) is 65.9 Å². The van der Waals surface area contributed by atoms with Crippen LogP contribution in [0.25, 0.3) is 10.9 Å². The molecule has 0 spiro atoms. The molecular weight excluding hydrogens is 374 g/mol. The molecule has 30 heavy (non-hydrogen) atoms. The van der Waals surface area contributed by atoms with E-state index < -0.39 is 0 Å². The first-order chi connectivity index (χ1) is 14.4. The maximum absolute atomic E-state index is 12.9. The van der Waals surface area contributed by atoms with E-state index in [1.54, 1.807) is 0 Å². The van der Waals surface area contributed by atoms with Crippen LogP contribution in [-0.2, 0) is 5.41 Å². The van der Waals surface area contributed by atoms with Gasteiger partial charge in [0.05, 0.1) is 0 Å². The van der Waals surface area contributed by atoms with Crippen LogP contribution in [0.3, 0.4) is 0 Å². The number of rotatable bonds is 5. The van der Waals surface area contributed by atoms with E-state index in [2.05, 4.69) is 48.9 Å². The van der Waals surface area contributed by atoms with Gasteiger partial charge in [-0.25, -0.2) is 0 Å². The summed E-state index contributed by atoms with van der Waals surface area (Å²) in [7, 11) is 0. The second kappa shape index (κ2) is 8.52. The Balaban J connectivity index is 1.28. The number of carbonyl (C=O) groups excluding carboxylic acids is 1. The van der Waals surface area contributed by atoms with Gasteiger partial charge in [0.1, 0.15) is 18.1 Å². The minimum Gasteiger partial charge on any atom is -0.492 e. The lowest BCUT2D eigenvalue weighted by molar-refractivity contribution is 0.0615. The number of fused-ring (bicyclic) bond motifs is 1. The molecule has 0 unspecified atom stereocenters. The molecule has 1 saturated heterocycles. The fourth-order valence-electron chi connectivity index (χ4n) is 4.03. The first kappa shape index (κ1) is 20.5. The summed E-state index contributed by atoms with van der Waals surface area (Å²) in [5, 5.41) is 1.08. The van der Waals surface area contributed by atoms with Crippen LogP contribution in [0.2, 0.25) is 0 Å². The SMILES string of the molecule is CC(C)(C)c1ccccc1OCCN1CCN(C(=O)c2cc3ccccc3[nH]2)CC1. The Bertz CT molecular complexity index is 977. The average Bonchev–Trinajstić information content (AvgIpc) is 3.18. The number of ether oxygens (including phenoxy) is 1. The summed E-state index contributed by atoms with van der Waals surface area (Å²) in [6.45, 7) is 11.4. The molecule has 4 rings (SSSR count). The molecule has 1 amide bonds. The van der Waals surface area contributed by atoms with Gasteiger partial charge in [0.15, 0.2) is 0 Å². The van der Waals surface area contributed by atoms with Gasteiger partial charge in [0.2, 0.25) is 0 Å². The molecular formula is C25H31N3O2. The summed E-state index contributed by atoms with van der Waals surface area (Å²) in [6.07, 6.45) is 0. The molecule has 5 nitrogen and oxygen atoms in total. The Hall–Kier alpha value is -2.79. The van der Waals surface area contributed by atoms with Gasteiger partial charge in [-0.15, -0.1) is 0 Å². The van der Waals surface area contributed by atoms with E-state index in [0.29, 0.717) is 12.3 Å². The number of hydrogen-bond donors (Lipinski definition) is 1. The van der Waals surface area contributed by atoms with E-state index in [1.807, 2.05) is 41.3 Å². The van der Waals surface area contributed by atoms with Crippen LogP contribution in [0.4, 0.5) is 0 Å². The number of nitrogens with zero attached hydrogens (tertiary/aromatic N) is 2. The topological polar surface area (TPSA) is 48.6 Å². The van der Waals surface area contributed by atoms with Crippen LogP contribution < -0.4 is 4.74 Å². The van der Waals surface area contributed by atoms with Gasteiger partial charge >= 0.3 is 0 Å². The van der Waals surface area contributed by atoms with E-state index >= 15 is 0 Å². The van der Waals surface area contributed by atoms with Crippen molar-refractivity contribution in [1.82, 2.24) is 14.8 Å². The van der Waals surface area contributed by atoms with Crippen molar-refractivity contribution in [1.29, 1.82) is 0 Å². The van der Waals surface area contributed by atoms with Crippen molar-refractivity contribution in [2.75, 3.05) is 39.3 Å². The van der Waals surface area contributed by atoms with Crippen molar-refractivity contribution in [2.45, 2.75) is 26.2 Å². The highest BCUT2D eigenvalue weighted by Crippen LogP contribution is 2.30. The zero-order valence-corrected chi connectivity index (χ0v) is 18.1. The Labute approximate surface area is 178 Å². The maximum atomic E-state index is 12.9. The molecule has 5 heteroatoms.